The molecule has 0 radical (unpaired) electrons. The van der Waals surface area contributed by atoms with E-state index in [1.807, 2.05) is 5.38 Å². The van der Waals surface area contributed by atoms with E-state index in [0.717, 1.165) is 6.42 Å². The summed E-state index contributed by atoms with van der Waals surface area (Å²) in [5.41, 5.74) is 0.654. The van der Waals surface area contributed by atoms with Crippen molar-refractivity contribution in [1.82, 2.24) is 4.90 Å². The first-order valence-electron chi connectivity index (χ1n) is 5.15. The van der Waals surface area contributed by atoms with Crippen molar-refractivity contribution in [3.8, 4) is 0 Å². The number of likely N-dealkylation sites (tertiary alicyclic amines) is 1. The Labute approximate surface area is 97.8 Å². The van der Waals surface area contributed by atoms with E-state index in [1.165, 1.54) is 18.4 Å². The first kappa shape index (κ1) is 11.1. The number of esters is 1. The summed E-state index contributed by atoms with van der Waals surface area (Å²) >= 11 is 1.48. The van der Waals surface area contributed by atoms with Gasteiger partial charge in [0, 0.05) is 11.9 Å². The Hall–Kier alpha value is -1.36. The maximum atomic E-state index is 12.1. The summed E-state index contributed by atoms with van der Waals surface area (Å²) in [5, 5.41) is 3.66. The standard InChI is InChI=1S/C11H13NO3S/c1-15-11(14)9-3-2-5-12(9)10(13)8-4-6-16-7-8/h4,6-7,9H,2-3,5H2,1H3. The molecule has 1 aromatic heterocycles. The number of ether oxygens (including phenoxy) is 1. The SMILES string of the molecule is COC(=O)C1CCCN1C(=O)c1ccsc1. The molecule has 1 aliphatic rings. The van der Waals surface area contributed by atoms with Crippen molar-refractivity contribution in [3.63, 3.8) is 0 Å². The van der Waals surface area contributed by atoms with Gasteiger partial charge in [-0.2, -0.15) is 11.3 Å². The Morgan fingerprint density at radius 2 is 2.38 bits per heavy atom. The van der Waals surface area contributed by atoms with Gasteiger partial charge < -0.3 is 9.64 Å². The Morgan fingerprint density at radius 1 is 1.56 bits per heavy atom. The van der Waals surface area contributed by atoms with Gasteiger partial charge >= 0.3 is 5.97 Å². The van der Waals surface area contributed by atoms with E-state index < -0.39 is 6.04 Å². The number of amides is 1. The molecular weight excluding hydrogens is 226 g/mol. The lowest BCUT2D eigenvalue weighted by molar-refractivity contribution is -0.145. The number of hydrogen-bond acceptors (Lipinski definition) is 4. The van der Waals surface area contributed by atoms with Gasteiger partial charge in [0.15, 0.2) is 0 Å². The Bertz CT molecular complexity index is 388. The van der Waals surface area contributed by atoms with E-state index in [2.05, 4.69) is 0 Å². The van der Waals surface area contributed by atoms with Crippen LogP contribution in [0, 0.1) is 0 Å². The molecule has 0 saturated carbocycles. The summed E-state index contributed by atoms with van der Waals surface area (Å²) in [6, 6.07) is 1.37. The van der Waals surface area contributed by atoms with Gasteiger partial charge in [0.05, 0.1) is 12.7 Å². The molecule has 1 amide bonds. The largest absolute Gasteiger partial charge is 0.467 e. The minimum Gasteiger partial charge on any atom is -0.467 e. The lowest BCUT2D eigenvalue weighted by Gasteiger charge is -2.22. The third-order valence-electron chi connectivity index (χ3n) is 2.76. The van der Waals surface area contributed by atoms with Crippen LogP contribution in [0.4, 0.5) is 0 Å². The van der Waals surface area contributed by atoms with Gasteiger partial charge in [-0.1, -0.05) is 0 Å². The first-order chi connectivity index (χ1) is 7.74. The van der Waals surface area contributed by atoms with Gasteiger partial charge in [0.25, 0.3) is 5.91 Å². The van der Waals surface area contributed by atoms with Crippen LogP contribution in [0.25, 0.3) is 0 Å². The van der Waals surface area contributed by atoms with Gasteiger partial charge in [0.1, 0.15) is 6.04 Å². The normalized spacial score (nSPS) is 19.8. The molecule has 1 saturated heterocycles. The second kappa shape index (κ2) is 4.65. The number of hydrogen-bond donors (Lipinski definition) is 0. The lowest BCUT2D eigenvalue weighted by Crippen LogP contribution is -2.40. The number of thiophene rings is 1. The van der Waals surface area contributed by atoms with Gasteiger partial charge in [-0.15, -0.1) is 0 Å². The van der Waals surface area contributed by atoms with Crippen LogP contribution in [0.1, 0.15) is 23.2 Å². The molecule has 1 fully saturated rings. The summed E-state index contributed by atoms with van der Waals surface area (Å²) in [7, 11) is 1.36. The van der Waals surface area contributed by atoms with Crippen LogP contribution in [0.3, 0.4) is 0 Å². The lowest BCUT2D eigenvalue weighted by atomic mass is 10.2. The van der Waals surface area contributed by atoms with Crippen LogP contribution in [0.15, 0.2) is 16.8 Å². The van der Waals surface area contributed by atoms with Crippen LogP contribution in [0.5, 0.6) is 0 Å². The third-order valence-corrected chi connectivity index (χ3v) is 3.44. The monoisotopic (exact) mass is 239 g/mol. The van der Waals surface area contributed by atoms with Gasteiger partial charge in [0.2, 0.25) is 0 Å². The molecule has 2 rings (SSSR count). The number of nitrogens with zero attached hydrogens (tertiary/aromatic N) is 1. The number of methoxy groups -OCH3 is 1. The van der Waals surface area contributed by atoms with Gasteiger partial charge in [-0.25, -0.2) is 4.79 Å². The fourth-order valence-corrected chi connectivity index (χ4v) is 2.57. The number of carbonyl (C=O) groups excluding carboxylic acids is 2. The topological polar surface area (TPSA) is 46.6 Å². The predicted molar refractivity (Wildman–Crippen MR) is 60.4 cm³/mol. The zero-order chi connectivity index (χ0) is 11.5. The van der Waals surface area contributed by atoms with Crippen molar-refractivity contribution in [2.24, 2.45) is 0 Å². The molecule has 4 nitrogen and oxygen atoms in total. The molecule has 1 unspecified atom stereocenters. The highest BCUT2D eigenvalue weighted by atomic mass is 32.1. The van der Waals surface area contributed by atoms with Crippen LogP contribution >= 0.6 is 11.3 Å². The Kier molecular flexibility index (Phi) is 3.24. The third kappa shape index (κ3) is 1.95. The highest BCUT2D eigenvalue weighted by molar-refractivity contribution is 7.08. The van der Waals surface area contributed by atoms with Crippen LogP contribution in [0.2, 0.25) is 0 Å². The fraction of sp³-hybridized carbons (Fsp3) is 0.455. The summed E-state index contributed by atoms with van der Waals surface area (Å²) < 4.78 is 4.70. The van der Waals surface area contributed by atoms with Crippen molar-refractivity contribution in [3.05, 3.63) is 22.4 Å². The van der Waals surface area contributed by atoms with Crippen molar-refractivity contribution < 1.29 is 14.3 Å². The van der Waals surface area contributed by atoms with E-state index in [4.69, 9.17) is 4.74 Å². The average molecular weight is 239 g/mol. The average Bonchev–Trinajstić information content (AvgIpc) is 2.97. The Balaban J connectivity index is 2.14. The van der Waals surface area contributed by atoms with Gasteiger partial charge in [-0.05, 0) is 24.3 Å². The fourth-order valence-electron chi connectivity index (χ4n) is 1.94. The van der Waals surface area contributed by atoms with Crippen molar-refractivity contribution in [1.29, 1.82) is 0 Å². The zero-order valence-electron chi connectivity index (χ0n) is 9.01. The van der Waals surface area contributed by atoms with Crippen LogP contribution < -0.4 is 0 Å². The summed E-state index contributed by atoms with van der Waals surface area (Å²) in [6.45, 7) is 0.633. The molecule has 5 heteroatoms. The van der Waals surface area contributed by atoms with E-state index in [-0.39, 0.29) is 11.9 Å². The number of rotatable bonds is 2. The van der Waals surface area contributed by atoms with E-state index in [1.54, 1.807) is 16.3 Å². The summed E-state index contributed by atoms with van der Waals surface area (Å²) in [5.74, 6) is -0.393. The highest BCUT2D eigenvalue weighted by Crippen LogP contribution is 2.21. The molecule has 0 aromatic carbocycles. The predicted octanol–water partition coefficient (Wildman–Crippen LogP) is 1.53. The van der Waals surface area contributed by atoms with Crippen LogP contribution in [-0.4, -0.2) is 36.5 Å². The maximum absolute atomic E-state index is 12.1. The highest BCUT2D eigenvalue weighted by Gasteiger charge is 2.35. The van der Waals surface area contributed by atoms with Crippen molar-refractivity contribution in [2.75, 3.05) is 13.7 Å². The maximum Gasteiger partial charge on any atom is 0.328 e. The van der Waals surface area contributed by atoms with Crippen molar-refractivity contribution in [2.45, 2.75) is 18.9 Å². The quantitative estimate of drug-likeness (QED) is 0.735. The summed E-state index contributed by atoms with van der Waals surface area (Å²) in [4.78, 5) is 25.2. The molecule has 2 heterocycles. The molecule has 16 heavy (non-hydrogen) atoms. The second-order valence-corrected chi connectivity index (χ2v) is 4.47. The van der Waals surface area contributed by atoms with Crippen LogP contribution in [-0.2, 0) is 9.53 Å². The first-order valence-corrected chi connectivity index (χ1v) is 6.09. The molecule has 1 atom stereocenters. The summed E-state index contributed by atoms with van der Waals surface area (Å²) in [6.07, 6.45) is 1.55. The van der Waals surface area contributed by atoms with E-state index in [0.29, 0.717) is 18.5 Å². The van der Waals surface area contributed by atoms with E-state index >= 15 is 0 Å². The molecule has 0 aliphatic carbocycles. The molecule has 0 bridgehead atoms. The molecule has 0 spiro atoms. The molecule has 86 valence electrons. The van der Waals surface area contributed by atoms with Gasteiger partial charge in [-0.3, -0.25) is 4.79 Å². The van der Waals surface area contributed by atoms with E-state index in [9.17, 15) is 9.59 Å². The zero-order valence-corrected chi connectivity index (χ0v) is 9.83. The number of carbonyl (C=O) groups is 2. The molecule has 0 N–H and O–H groups in total. The van der Waals surface area contributed by atoms with Crippen molar-refractivity contribution >= 4 is 23.2 Å². The molecule has 1 aromatic rings. The molecular formula is C11H13NO3S. The molecule has 1 aliphatic heterocycles. The Morgan fingerprint density at radius 3 is 3.00 bits per heavy atom. The smallest absolute Gasteiger partial charge is 0.328 e. The minimum atomic E-state index is -0.405. The minimum absolute atomic E-state index is 0.0749. The second-order valence-electron chi connectivity index (χ2n) is 3.69.